The lowest BCUT2D eigenvalue weighted by molar-refractivity contribution is -0.139. The number of hydrogen-bond acceptors (Lipinski definition) is 3. The Morgan fingerprint density at radius 3 is 3.00 bits per heavy atom. The van der Waals surface area contributed by atoms with Gasteiger partial charge in [-0.05, 0) is 30.2 Å². The van der Waals surface area contributed by atoms with Crippen LogP contribution in [0.15, 0.2) is 35.2 Å². The molecule has 21 heavy (non-hydrogen) atoms. The number of anilines is 1. The van der Waals surface area contributed by atoms with E-state index in [-0.39, 0.29) is 0 Å². The van der Waals surface area contributed by atoms with E-state index in [9.17, 15) is 9.90 Å². The Hall–Kier alpha value is -1.82. The summed E-state index contributed by atoms with van der Waals surface area (Å²) in [4.78, 5) is 17.8. The summed E-state index contributed by atoms with van der Waals surface area (Å²) in [6, 6.07) is 5.87. The predicted octanol–water partition coefficient (Wildman–Crippen LogP) is 2.76. The summed E-state index contributed by atoms with van der Waals surface area (Å²) < 4.78 is 2.90. The molecule has 2 aromatic rings. The Morgan fingerprint density at radius 1 is 1.52 bits per heavy atom. The van der Waals surface area contributed by atoms with E-state index in [1.54, 1.807) is 6.33 Å². The van der Waals surface area contributed by atoms with Crippen LogP contribution in [0.4, 0.5) is 5.69 Å². The second kappa shape index (κ2) is 5.52. The first-order chi connectivity index (χ1) is 10.1. The Bertz CT molecular complexity index is 683. The maximum atomic E-state index is 11.5. The van der Waals surface area contributed by atoms with Crippen molar-refractivity contribution >= 4 is 27.6 Å². The molecular formula is C15H16BrN3O2. The normalized spacial score (nSPS) is 17.6. The minimum atomic E-state index is -0.755. The number of benzene rings is 1. The van der Waals surface area contributed by atoms with Crippen molar-refractivity contribution in [1.29, 1.82) is 0 Å². The van der Waals surface area contributed by atoms with Crippen molar-refractivity contribution in [2.45, 2.75) is 18.9 Å². The number of aromatic nitrogens is 2. The molecule has 0 amide bonds. The van der Waals surface area contributed by atoms with Gasteiger partial charge in [0.1, 0.15) is 0 Å². The number of carboxylic acids is 1. The van der Waals surface area contributed by atoms with Crippen LogP contribution in [-0.4, -0.2) is 27.2 Å². The first-order valence-electron chi connectivity index (χ1n) is 6.78. The van der Waals surface area contributed by atoms with Crippen LogP contribution >= 0.6 is 15.9 Å². The van der Waals surface area contributed by atoms with Crippen LogP contribution < -0.4 is 4.90 Å². The molecule has 1 aliphatic rings. The summed E-state index contributed by atoms with van der Waals surface area (Å²) in [7, 11) is 1.97. The number of aliphatic carboxylic acids is 1. The van der Waals surface area contributed by atoms with Gasteiger partial charge in [-0.2, -0.15) is 0 Å². The molecule has 0 saturated carbocycles. The van der Waals surface area contributed by atoms with Crippen molar-refractivity contribution in [3.63, 3.8) is 0 Å². The summed E-state index contributed by atoms with van der Waals surface area (Å²) in [6.45, 7) is 1.47. The fraction of sp³-hybridized carbons (Fsp3) is 0.333. The van der Waals surface area contributed by atoms with E-state index in [4.69, 9.17) is 0 Å². The molecule has 0 bridgehead atoms. The lowest BCUT2D eigenvalue weighted by Crippen LogP contribution is -2.33. The van der Waals surface area contributed by atoms with Crippen LogP contribution in [0, 0.1) is 0 Å². The average Bonchev–Trinajstić information content (AvgIpc) is 2.84. The van der Waals surface area contributed by atoms with E-state index in [0.29, 0.717) is 6.42 Å². The van der Waals surface area contributed by atoms with E-state index in [1.807, 2.05) is 36.0 Å². The van der Waals surface area contributed by atoms with Gasteiger partial charge in [0.15, 0.2) is 0 Å². The Labute approximate surface area is 131 Å². The highest BCUT2D eigenvalue weighted by Gasteiger charge is 2.30. The molecular weight excluding hydrogens is 334 g/mol. The van der Waals surface area contributed by atoms with Gasteiger partial charge in [0.25, 0.3) is 0 Å². The molecule has 0 radical (unpaired) electrons. The largest absolute Gasteiger partial charge is 0.481 e. The number of aryl methyl sites for hydroxylation is 1. The van der Waals surface area contributed by atoms with E-state index in [0.717, 1.165) is 34.5 Å². The van der Waals surface area contributed by atoms with E-state index < -0.39 is 11.9 Å². The maximum Gasteiger partial charge on any atom is 0.311 e. The molecule has 2 heterocycles. The number of fused-ring (bicyclic) bond motifs is 1. The standard InChI is InChI=1S/C15H16BrN3O2/c1-18-9-17-7-11(18)8-19-5-4-12(15(20)21)13-6-10(16)2-3-14(13)19/h2-3,6-7,9,12H,4-5,8H2,1H3,(H,20,21). The number of carboxylic acid groups (broad SMARTS) is 1. The van der Waals surface area contributed by atoms with Crippen LogP contribution in [0.5, 0.6) is 0 Å². The van der Waals surface area contributed by atoms with Gasteiger partial charge in [-0.1, -0.05) is 15.9 Å². The van der Waals surface area contributed by atoms with Crippen LogP contribution in [0.25, 0.3) is 0 Å². The molecule has 1 unspecified atom stereocenters. The van der Waals surface area contributed by atoms with Crippen LogP contribution in [0.2, 0.25) is 0 Å². The minimum Gasteiger partial charge on any atom is -0.481 e. The summed E-state index contributed by atoms with van der Waals surface area (Å²) >= 11 is 3.43. The number of carbonyl (C=O) groups is 1. The van der Waals surface area contributed by atoms with Crippen molar-refractivity contribution in [3.8, 4) is 0 Å². The zero-order chi connectivity index (χ0) is 15.0. The highest BCUT2D eigenvalue weighted by atomic mass is 79.9. The van der Waals surface area contributed by atoms with Gasteiger partial charge >= 0.3 is 5.97 Å². The maximum absolute atomic E-state index is 11.5. The highest BCUT2D eigenvalue weighted by Crippen LogP contribution is 2.37. The SMILES string of the molecule is Cn1cncc1CN1CCC(C(=O)O)c2cc(Br)ccc21. The van der Waals surface area contributed by atoms with Gasteiger partial charge in [-0.25, -0.2) is 4.98 Å². The predicted molar refractivity (Wildman–Crippen MR) is 83.4 cm³/mol. The van der Waals surface area contributed by atoms with Crippen LogP contribution in [-0.2, 0) is 18.4 Å². The molecule has 0 fully saturated rings. The van der Waals surface area contributed by atoms with E-state index in [2.05, 4.69) is 25.8 Å². The number of nitrogens with zero attached hydrogens (tertiary/aromatic N) is 3. The molecule has 6 heteroatoms. The lowest BCUT2D eigenvalue weighted by atomic mass is 9.90. The van der Waals surface area contributed by atoms with Gasteiger partial charge in [-0.3, -0.25) is 4.79 Å². The molecule has 0 spiro atoms. The molecule has 1 aromatic heterocycles. The number of imidazole rings is 1. The molecule has 110 valence electrons. The second-order valence-electron chi connectivity index (χ2n) is 5.30. The van der Waals surface area contributed by atoms with Crippen molar-refractivity contribution in [2.24, 2.45) is 7.05 Å². The van der Waals surface area contributed by atoms with Crippen molar-refractivity contribution in [3.05, 3.63) is 46.5 Å². The molecule has 1 aromatic carbocycles. The molecule has 5 nitrogen and oxygen atoms in total. The number of halogens is 1. The Balaban J connectivity index is 1.96. The molecule has 0 aliphatic carbocycles. The highest BCUT2D eigenvalue weighted by molar-refractivity contribution is 9.10. The summed E-state index contributed by atoms with van der Waals surface area (Å²) in [5.41, 5.74) is 2.99. The van der Waals surface area contributed by atoms with Gasteiger partial charge in [0.2, 0.25) is 0 Å². The quantitative estimate of drug-likeness (QED) is 0.925. The van der Waals surface area contributed by atoms with Gasteiger partial charge < -0.3 is 14.6 Å². The van der Waals surface area contributed by atoms with Gasteiger partial charge in [0.05, 0.1) is 24.5 Å². The Morgan fingerprint density at radius 2 is 2.33 bits per heavy atom. The average molecular weight is 350 g/mol. The molecule has 1 aliphatic heterocycles. The topological polar surface area (TPSA) is 58.4 Å². The van der Waals surface area contributed by atoms with Crippen molar-refractivity contribution < 1.29 is 9.90 Å². The molecule has 0 saturated heterocycles. The third kappa shape index (κ3) is 2.68. The third-order valence-corrected chi connectivity index (χ3v) is 4.45. The molecule has 1 N–H and O–H groups in total. The van der Waals surface area contributed by atoms with Gasteiger partial charge in [-0.15, -0.1) is 0 Å². The first-order valence-corrected chi connectivity index (χ1v) is 7.58. The zero-order valence-corrected chi connectivity index (χ0v) is 13.2. The van der Waals surface area contributed by atoms with Crippen molar-refractivity contribution in [2.75, 3.05) is 11.4 Å². The van der Waals surface area contributed by atoms with E-state index in [1.165, 1.54) is 0 Å². The molecule has 1 atom stereocenters. The number of rotatable bonds is 3. The zero-order valence-electron chi connectivity index (χ0n) is 11.7. The molecule has 3 rings (SSSR count). The summed E-state index contributed by atoms with van der Waals surface area (Å²) in [5, 5.41) is 9.42. The van der Waals surface area contributed by atoms with Crippen LogP contribution in [0.1, 0.15) is 23.6 Å². The van der Waals surface area contributed by atoms with E-state index >= 15 is 0 Å². The monoisotopic (exact) mass is 349 g/mol. The smallest absolute Gasteiger partial charge is 0.311 e. The fourth-order valence-electron chi connectivity index (χ4n) is 2.81. The Kier molecular flexibility index (Phi) is 3.71. The van der Waals surface area contributed by atoms with Crippen molar-refractivity contribution in [1.82, 2.24) is 9.55 Å². The first kappa shape index (κ1) is 14.1. The summed E-state index contributed by atoms with van der Waals surface area (Å²) in [5.74, 6) is -1.19. The second-order valence-corrected chi connectivity index (χ2v) is 6.22. The fourth-order valence-corrected chi connectivity index (χ4v) is 3.19. The lowest BCUT2D eigenvalue weighted by Gasteiger charge is -2.34. The number of hydrogen-bond donors (Lipinski definition) is 1. The van der Waals surface area contributed by atoms with Gasteiger partial charge in [0, 0.05) is 29.9 Å². The summed E-state index contributed by atoms with van der Waals surface area (Å²) in [6.07, 6.45) is 4.25. The van der Waals surface area contributed by atoms with Crippen LogP contribution in [0.3, 0.4) is 0 Å². The minimum absolute atomic E-state index is 0.430. The third-order valence-electron chi connectivity index (χ3n) is 3.96.